The Kier molecular flexibility index (Phi) is 3.56. The number of aromatic nitrogens is 3. The summed E-state index contributed by atoms with van der Waals surface area (Å²) in [6, 6.07) is 21.7. The molecule has 0 saturated heterocycles. The Balaban J connectivity index is 1.92. The molecule has 0 atom stereocenters. The Morgan fingerprint density at radius 2 is 1.69 bits per heavy atom. The summed E-state index contributed by atoms with van der Waals surface area (Å²) in [5, 5.41) is 1.01. The molecule has 0 aliphatic rings. The molecule has 0 bridgehead atoms. The molecule has 0 aliphatic carbocycles. The van der Waals surface area contributed by atoms with Crippen LogP contribution in [0.15, 0.2) is 83.9 Å². The van der Waals surface area contributed by atoms with Crippen LogP contribution in [-0.2, 0) is 0 Å². The molecule has 3 aromatic heterocycles. The SMILES string of the molecule is O=c1c2[se]c(-c3cccnc3)nc2c2ccccc2n1-c1ccccc1. The summed E-state index contributed by atoms with van der Waals surface area (Å²) in [6.07, 6.45) is 3.56. The number of fused-ring (bicyclic) bond motifs is 3. The first-order chi connectivity index (χ1) is 12.8. The number of rotatable bonds is 2. The van der Waals surface area contributed by atoms with Gasteiger partial charge in [-0.2, -0.15) is 0 Å². The molecule has 0 radical (unpaired) electrons. The van der Waals surface area contributed by atoms with Crippen molar-refractivity contribution in [3.05, 3.63) is 89.5 Å². The number of benzene rings is 2. The minimum absolute atomic E-state index is 0.0209. The molecule has 0 amide bonds. The topological polar surface area (TPSA) is 47.8 Å². The molecule has 0 spiro atoms. The molecule has 0 fully saturated rings. The van der Waals surface area contributed by atoms with Crippen molar-refractivity contribution < 1.29 is 0 Å². The summed E-state index contributed by atoms with van der Waals surface area (Å²) in [6.45, 7) is 0. The Morgan fingerprint density at radius 3 is 2.50 bits per heavy atom. The Morgan fingerprint density at radius 1 is 0.885 bits per heavy atom. The number of pyridine rings is 2. The monoisotopic (exact) mass is 403 g/mol. The first-order valence-corrected chi connectivity index (χ1v) is 9.94. The maximum atomic E-state index is 13.3. The van der Waals surface area contributed by atoms with E-state index in [2.05, 4.69) is 4.98 Å². The van der Waals surface area contributed by atoms with Gasteiger partial charge in [0.05, 0.1) is 0 Å². The van der Waals surface area contributed by atoms with Gasteiger partial charge in [-0.25, -0.2) is 0 Å². The van der Waals surface area contributed by atoms with Gasteiger partial charge < -0.3 is 0 Å². The zero-order valence-electron chi connectivity index (χ0n) is 13.7. The number of hydrogen-bond donors (Lipinski definition) is 0. The van der Waals surface area contributed by atoms with Crippen molar-refractivity contribution >= 4 is 35.2 Å². The van der Waals surface area contributed by atoms with Gasteiger partial charge in [-0.15, -0.1) is 0 Å². The minimum atomic E-state index is -0.143. The Labute approximate surface area is 155 Å². The van der Waals surface area contributed by atoms with Gasteiger partial charge in [-0.05, 0) is 0 Å². The van der Waals surface area contributed by atoms with E-state index >= 15 is 0 Å². The molecule has 5 aromatic rings. The van der Waals surface area contributed by atoms with Gasteiger partial charge in [0.1, 0.15) is 0 Å². The van der Waals surface area contributed by atoms with E-state index in [0.717, 1.165) is 36.5 Å². The van der Waals surface area contributed by atoms with Crippen LogP contribution in [0.4, 0.5) is 0 Å². The molecule has 0 unspecified atom stereocenters. The Hall–Kier alpha value is -3.01. The third-order valence-corrected chi connectivity index (χ3v) is 6.64. The fraction of sp³-hybridized carbons (Fsp3) is 0. The summed E-state index contributed by atoms with van der Waals surface area (Å²) >= 11 is -0.143. The van der Waals surface area contributed by atoms with E-state index in [1.807, 2.05) is 72.9 Å². The third-order valence-electron chi connectivity index (χ3n) is 4.35. The van der Waals surface area contributed by atoms with Crippen molar-refractivity contribution in [2.75, 3.05) is 0 Å². The normalized spacial score (nSPS) is 11.2. The molecule has 2 aromatic carbocycles. The van der Waals surface area contributed by atoms with Crippen molar-refractivity contribution in [1.82, 2.24) is 14.5 Å². The summed E-state index contributed by atoms with van der Waals surface area (Å²) in [7, 11) is 0. The average Bonchev–Trinajstić information content (AvgIpc) is 3.16. The van der Waals surface area contributed by atoms with Crippen LogP contribution < -0.4 is 5.56 Å². The van der Waals surface area contributed by atoms with Crippen molar-refractivity contribution in [3.8, 4) is 15.8 Å². The molecular formula is C21H13N3OSe. The van der Waals surface area contributed by atoms with Crippen LogP contribution in [0, 0.1) is 0 Å². The van der Waals surface area contributed by atoms with E-state index in [1.54, 1.807) is 10.8 Å². The van der Waals surface area contributed by atoms with Crippen molar-refractivity contribution in [1.29, 1.82) is 0 Å². The summed E-state index contributed by atoms with van der Waals surface area (Å²) in [5.74, 6) is 0. The van der Waals surface area contributed by atoms with Gasteiger partial charge in [0.15, 0.2) is 0 Å². The molecule has 0 aliphatic heterocycles. The van der Waals surface area contributed by atoms with Crippen molar-refractivity contribution in [2.24, 2.45) is 0 Å². The molecule has 5 rings (SSSR count). The fourth-order valence-electron chi connectivity index (χ4n) is 3.17. The zero-order valence-corrected chi connectivity index (χ0v) is 15.4. The first-order valence-electron chi connectivity index (χ1n) is 8.23. The summed E-state index contributed by atoms with van der Waals surface area (Å²) < 4.78 is 3.56. The second-order valence-electron chi connectivity index (χ2n) is 5.93. The second-order valence-corrected chi connectivity index (χ2v) is 8.03. The van der Waals surface area contributed by atoms with E-state index in [9.17, 15) is 4.79 Å². The van der Waals surface area contributed by atoms with Crippen LogP contribution >= 0.6 is 0 Å². The molecular weight excluding hydrogens is 389 g/mol. The van der Waals surface area contributed by atoms with Gasteiger partial charge in [0.25, 0.3) is 0 Å². The van der Waals surface area contributed by atoms with E-state index in [0.29, 0.717) is 0 Å². The number of hydrogen-bond acceptors (Lipinski definition) is 3. The average molecular weight is 402 g/mol. The van der Waals surface area contributed by atoms with E-state index < -0.39 is 0 Å². The first kappa shape index (κ1) is 15.3. The molecule has 0 N–H and O–H groups in total. The predicted octanol–water partition coefficient (Wildman–Crippen LogP) is 3.66. The molecule has 26 heavy (non-hydrogen) atoms. The molecule has 3 heterocycles. The van der Waals surface area contributed by atoms with Crippen LogP contribution in [-0.4, -0.2) is 29.0 Å². The van der Waals surface area contributed by atoms with Gasteiger partial charge in [0, 0.05) is 0 Å². The van der Waals surface area contributed by atoms with Crippen LogP contribution in [0.1, 0.15) is 0 Å². The van der Waals surface area contributed by atoms with Crippen LogP contribution in [0.2, 0.25) is 0 Å². The van der Waals surface area contributed by atoms with Crippen molar-refractivity contribution in [3.63, 3.8) is 0 Å². The molecule has 124 valence electrons. The van der Waals surface area contributed by atoms with Gasteiger partial charge in [-0.1, -0.05) is 0 Å². The number of nitrogens with zero attached hydrogens (tertiary/aromatic N) is 3. The van der Waals surface area contributed by atoms with Crippen LogP contribution in [0.25, 0.3) is 36.5 Å². The standard InChI is InChI=1S/C21H13N3OSe/c25-21-19-18(23-20(26-19)14-7-6-12-22-13-14)16-10-4-5-11-17(16)24(21)15-8-2-1-3-9-15/h1-13H. The predicted molar refractivity (Wildman–Crippen MR) is 105 cm³/mol. The molecule has 5 heteroatoms. The second kappa shape index (κ2) is 6.06. The molecule has 4 nitrogen and oxygen atoms in total. The van der Waals surface area contributed by atoms with Gasteiger partial charge in [0.2, 0.25) is 0 Å². The van der Waals surface area contributed by atoms with Gasteiger partial charge >= 0.3 is 155 Å². The zero-order chi connectivity index (χ0) is 17.5. The van der Waals surface area contributed by atoms with Crippen molar-refractivity contribution in [2.45, 2.75) is 0 Å². The van der Waals surface area contributed by atoms with Gasteiger partial charge in [-0.3, -0.25) is 0 Å². The van der Waals surface area contributed by atoms with Crippen LogP contribution in [0.3, 0.4) is 0 Å². The quantitative estimate of drug-likeness (QED) is 0.424. The third kappa shape index (κ3) is 2.33. The van der Waals surface area contributed by atoms with Crippen LogP contribution in [0.5, 0.6) is 0 Å². The molecule has 0 saturated carbocycles. The van der Waals surface area contributed by atoms with E-state index in [1.165, 1.54) is 0 Å². The summed E-state index contributed by atoms with van der Waals surface area (Å²) in [4.78, 5) is 22.4. The fourth-order valence-corrected chi connectivity index (χ4v) is 5.27. The van der Waals surface area contributed by atoms with E-state index in [-0.39, 0.29) is 20.1 Å². The Bertz CT molecular complexity index is 1290. The number of para-hydroxylation sites is 2. The van der Waals surface area contributed by atoms with E-state index in [4.69, 9.17) is 4.98 Å². The summed E-state index contributed by atoms with van der Waals surface area (Å²) in [5.41, 5.74) is 3.58. The maximum absolute atomic E-state index is 13.3.